The maximum Gasteiger partial charge on any atom is 0.259 e. The summed E-state index contributed by atoms with van der Waals surface area (Å²) in [4.78, 5) is 31.7. The van der Waals surface area contributed by atoms with Crippen LogP contribution in [0.1, 0.15) is 49.5 Å². The van der Waals surface area contributed by atoms with E-state index in [-0.39, 0.29) is 42.2 Å². The van der Waals surface area contributed by atoms with Crippen molar-refractivity contribution in [3.05, 3.63) is 23.4 Å². The highest BCUT2D eigenvalue weighted by Crippen LogP contribution is 2.28. The Kier molecular flexibility index (Phi) is 7.13. The minimum absolute atomic E-state index is 0.00579. The Morgan fingerprint density at radius 2 is 2.10 bits per heavy atom. The number of carbonyl (C=O) groups is 2. The summed E-state index contributed by atoms with van der Waals surface area (Å²) in [6, 6.07) is 1.77. The zero-order valence-corrected chi connectivity index (χ0v) is 18.9. The first-order chi connectivity index (χ1) is 14.2. The molecule has 2 fully saturated rings. The molecule has 0 aliphatic carbocycles. The molecule has 2 amide bonds. The first-order valence-electron chi connectivity index (χ1n) is 10.5. The Hall–Kier alpha value is -2.00. The fourth-order valence-corrected chi connectivity index (χ4v) is 5.97. The monoisotopic (exact) mass is 437 g/mol. The molecule has 4 unspecified atom stereocenters. The van der Waals surface area contributed by atoms with Crippen molar-refractivity contribution in [3.8, 4) is 5.88 Å². The topological polar surface area (TPSA) is 98.2 Å². The molecular weight excluding hydrogens is 406 g/mol. The molecule has 3 rings (SSSR count). The molecule has 0 bridgehead atoms. The molecule has 0 radical (unpaired) electrons. The van der Waals surface area contributed by atoms with E-state index in [1.54, 1.807) is 17.2 Å². The number of nitrogens with zero attached hydrogens (tertiary/aromatic N) is 3. The minimum Gasteiger partial charge on any atom is -0.477 e. The van der Waals surface area contributed by atoms with Gasteiger partial charge in [-0.2, -0.15) is 4.36 Å². The molecule has 8 nitrogen and oxygen atoms in total. The van der Waals surface area contributed by atoms with Crippen molar-refractivity contribution >= 4 is 21.5 Å². The van der Waals surface area contributed by atoms with Gasteiger partial charge < -0.3 is 14.4 Å². The predicted octanol–water partition coefficient (Wildman–Crippen LogP) is 2.44. The van der Waals surface area contributed by atoms with Crippen molar-refractivity contribution in [2.24, 2.45) is 10.3 Å². The summed E-state index contributed by atoms with van der Waals surface area (Å²) in [5, 5.41) is 0. The summed E-state index contributed by atoms with van der Waals surface area (Å²) in [7, 11) is -2.70. The lowest BCUT2D eigenvalue weighted by Gasteiger charge is -2.22. The number of amides is 2. The highest BCUT2D eigenvalue weighted by molar-refractivity contribution is 7.93. The van der Waals surface area contributed by atoms with Gasteiger partial charge >= 0.3 is 0 Å². The van der Waals surface area contributed by atoms with Crippen LogP contribution in [0.2, 0.25) is 0 Å². The maximum atomic E-state index is 13.3. The van der Waals surface area contributed by atoms with Gasteiger partial charge in [0.05, 0.1) is 34.5 Å². The maximum absolute atomic E-state index is 13.3. The lowest BCUT2D eigenvalue weighted by Crippen LogP contribution is -2.34. The molecule has 0 saturated carbocycles. The molecule has 0 N–H and O–H groups in total. The molecule has 0 spiro atoms. The van der Waals surface area contributed by atoms with E-state index < -0.39 is 9.73 Å². The molecule has 2 aliphatic rings. The van der Waals surface area contributed by atoms with Crippen molar-refractivity contribution < 1.29 is 23.3 Å². The molecule has 4 atom stereocenters. The molecule has 1 aromatic rings. The van der Waals surface area contributed by atoms with Crippen LogP contribution in [-0.2, 0) is 19.3 Å². The average Bonchev–Trinajstić information content (AvgIpc) is 2.90. The van der Waals surface area contributed by atoms with Crippen molar-refractivity contribution in [2.45, 2.75) is 52.7 Å². The van der Waals surface area contributed by atoms with E-state index in [0.717, 1.165) is 5.56 Å². The Bertz CT molecular complexity index is 925. The van der Waals surface area contributed by atoms with Gasteiger partial charge in [-0.15, -0.1) is 0 Å². The second-order valence-corrected chi connectivity index (χ2v) is 10.5. The number of aryl methyl sites for hydroxylation is 1. The Morgan fingerprint density at radius 1 is 1.33 bits per heavy atom. The second kappa shape index (κ2) is 9.43. The Labute approximate surface area is 178 Å². The van der Waals surface area contributed by atoms with E-state index in [1.165, 1.54) is 0 Å². The van der Waals surface area contributed by atoms with E-state index in [0.29, 0.717) is 43.2 Å². The first kappa shape index (κ1) is 22.7. The number of pyridine rings is 1. The van der Waals surface area contributed by atoms with Crippen LogP contribution < -0.4 is 4.74 Å². The second-order valence-electron chi connectivity index (χ2n) is 7.99. The molecule has 3 heterocycles. The van der Waals surface area contributed by atoms with Gasteiger partial charge in [0.15, 0.2) is 0 Å². The number of rotatable bonds is 4. The normalized spacial score (nSPS) is 29.3. The largest absolute Gasteiger partial charge is 0.477 e. The van der Waals surface area contributed by atoms with Crippen molar-refractivity contribution in [1.82, 2.24) is 9.88 Å². The summed E-state index contributed by atoms with van der Waals surface area (Å²) in [5.74, 6) is -0.0536. The SMILES string of the molecule is CCOc1nccc(C)c1C(=O)N1CCCS(=O)(=NC(=O)C2CC(C)OC2C)CC1. The highest BCUT2D eigenvalue weighted by Gasteiger charge is 2.36. The van der Waals surface area contributed by atoms with E-state index in [9.17, 15) is 13.8 Å². The van der Waals surface area contributed by atoms with Gasteiger partial charge in [0, 0.05) is 30.8 Å². The Balaban J connectivity index is 1.76. The van der Waals surface area contributed by atoms with Gasteiger partial charge in [-0.3, -0.25) is 9.59 Å². The molecule has 9 heteroatoms. The number of hydrogen-bond acceptors (Lipinski definition) is 6. The standard InChI is InChI=1S/C21H31N3O5S/c1-5-28-20-18(14(2)7-8-22-20)21(26)24-9-6-11-30(27,12-10-24)23-19(25)17-13-15(3)29-16(17)4/h7-8,15-17H,5-6,9-13H2,1-4H3. The van der Waals surface area contributed by atoms with Crippen LogP contribution in [0, 0.1) is 12.8 Å². The molecule has 166 valence electrons. The van der Waals surface area contributed by atoms with Crippen molar-refractivity contribution in [1.29, 1.82) is 0 Å². The highest BCUT2D eigenvalue weighted by atomic mass is 32.2. The van der Waals surface area contributed by atoms with Gasteiger partial charge in [0.25, 0.3) is 11.8 Å². The van der Waals surface area contributed by atoms with Crippen LogP contribution in [0.4, 0.5) is 0 Å². The minimum atomic E-state index is -2.70. The van der Waals surface area contributed by atoms with Crippen LogP contribution in [0.25, 0.3) is 0 Å². The fourth-order valence-electron chi connectivity index (χ4n) is 4.04. The summed E-state index contributed by atoms with van der Waals surface area (Å²) < 4.78 is 28.7. The van der Waals surface area contributed by atoms with Crippen LogP contribution >= 0.6 is 0 Å². The van der Waals surface area contributed by atoms with Gasteiger partial charge in [0.1, 0.15) is 5.56 Å². The van der Waals surface area contributed by atoms with Gasteiger partial charge in [-0.05, 0) is 52.2 Å². The quantitative estimate of drug-likeness (QED) is 0.718. The van der Waals surface area contributed by atoms with Crippen LogP contribution in [0.3, 0.4) is 0 Å². The smallest absolute Gasteiger partial charge is 0.259 e. The molecule has 1 aromatic heterocycles. The third-order valence-corrected chi connectivity index (χ3v) is 7.91. The van der Waals surface area contributed by atoms with E-state index >= 15 is 0 Å². The molecule has 2 aliphatic heterocycles. The Morgan fingerprint density at radius 3 is 2.77 bits per heavy atom. The number of carbonyl (C=O) groups excluding carboxylic acids is 2. The van der Waals surface area contributed by atoms with Gasteiger partial charge in [-0.1, -0.05) is 0 Å². The molecule has 2 saturated heterocycles. The fraction of sp³-hybridized carbons (Fsp3) is 0.667. The van der Waals surface area contributed by atoms with E-state index in [2.05, 4.69) is 9.35 Å². The zero-order chi connectivity index (χ0) is 21.9. The first-order valence-corrected chi connectivity index (χ1v) is 12.4. The molecular formula is C21H31N3O5S. The molecule has 30 heavy (non-hydrogen) atoms. The van der Waals surface area contributed by atoms with Crippen molar-refractivity contribution in [3.63, 3.8) is 0 Å². The average molecular weight is 438 g/mol. The third kappa shape index (κ3) is 5.00. The number of ether oxygens (including phenoxy) is 2. The summed E-state index contributed by atoms with van der Waals surface area (Å²) in [6.07, 6.45) is 2.53. The zero-order valence-electron chi connectivity index (χ0n) is 18.1. The van der Waals surface area contributed by atoms with Gasteiger partial charge in [0.2, 0.25) is 5.88 Å². The van der Waals surface area contributed by atoms with Crippen LogP contribution in [-0.4, -0.2) is 69.3 Å². The summed E-state index contributed by atoms with van der Waals surface area (Å²) >= 11 is 0. The lowest BCUT2D eigenvalue weighted by atomic mass is 10.0. The number of hydrogen-bond donors (Lipinski definition) is 0. The third-order valence-electron chi connectivity index (χ3n) is 5.65. The summed E-state index contributed by atoms with van der Waals surface area (Å²) in [6.45, 7) is 8.62. The molecule has 0 aromatic carbocycles. The van der Waals surface area contributed by atoms with Crippen LogP contribution in [0.15, 0.2) is 16.6 Å². The summed E-state index contributed by atoms with van der Waals surface area (Å²) in [5.41, 5.74) is 1.22. The van der Waals surface area contributed by atoms with E-state index in [1.807, 2.05) is 27.7 Å². The van der Waals surface area contributed by atoms with Gasteiger partial charge in [-0.25, -0.2) is 9.19 Å². The predicted molar refractivity (Wildman–Crippen MR) is 114 cm³/mol. The van der Waals surface area contributed by atoms with E-state index in [4.69, 9.17) is 9.47 Å². The number of aromatic nitrogens is 1. The van der Waals surface area contributed by atoms with Crippen LogP contribution in [0.5, 0.6) is 5.88 Å². The van der Waals surface area contributed by atoms with Crippen molar-refractivity contribution in [2.75, 3.05) is 31.2 Å². The lowest BCUT2D eigenvalue weighted by molar-refractivity contribution is -0.122.